The van der Waals surface area contributed by atoms with E-state index in [-0.39, 0.29) is 37.3 Å². The minimum absolute atomic E-state index is 0.141. The molecule has 2 atom stereocenters. The number of hydrogen-bond donors (Lipinski definition) is 6. The standard InChI is InChI=1S/C38H40Cl2N8O8/c1-3-21-17-47-31(35(51)45(21)13-11-41-29(19-49)37(53)54)15-27(43-47)25-9-5-7-23(33(25)39)24-8-6-10-26(34(24)40)28-16-32-36(52)46(22(4-2)18-48(32)44-28)14-12-42-30(20-50)38(55)56/h5-10,15-18,29-30,41-42,49-50H,3-4,11-14,19-20H2,1-2H3,(H,53,54)(H,55,56)/t29-,30-/m0/s1. The number of carbonyl (C=O) groups is 2. The fourth-order valence-corrected chi connectivity index (χ4v) is 7.27. The highest BCUT2D eigenvalue weighted by atomic mass is 35.5. The van der Waals surface area contributed by atoms with E-state index in [1.165, 1.54) is 9.03 Å². The maximum absolute atomic E-state index is 13.7. The molecule has 6 aromatic rings. The van der Waals surface area contributed by atoms with Gasteiger partial charge in [0, 0.05) is 72.2 Å². The molecule has 16 nitrogen and oxygen atoms in total. The summed E-state index contributed by atoms with van der Waals surface area (Å²) in [6, 6.07) is 11.8. The summed E-state index contributed by atoms with van der Waals surface area (Å²) >= 11 is 14.2. The molecule has 0 aliphatic heterocycles. The number of carboxylic acids is 2. The van der Waals surface area contributed by atoms with Gasteiger partial charge in [-0.15, -0.1) is 0 Å². The molecule has 18 heteroatoms. The predicted molar refractivity (Wildman–Crippen MR) is 211 cm³/mol. The molecule has 6 rings (SSSR count). The van der Waals surface area contributed by atoms with Crippen LogP contribution in [0.5, 0.6) is 0 Å². The summed E-state index contributed by atoms with van der Waals surface area (Å²) in [6.07, 6.45) is 4.51. The lowest BCUT2D eigenvalue weighted by Gasteiger charge is -2.15. The maximum Gasteiger partial charge on any atom is 0.323 e. The van der Waals surface area contributed by atoms with Crippen LogP contribution < -0.4 is 21.8 Å². The van der Waals surface area contributed by atoms with Crippen LogP contribution in [-0.4, -0.2) is 99.1 Å². The van der Waals surface area contributed by atoms with E-state index in [1.807, 2.05) is 26.0 Å². The zero-order chi connectivity index (χ0) is 40.3. The van der Waals surface area contributed by atoms with E-state index in [4.69, 9.17) is 23.2 Å². The van der Waals surface area contributed by atoms with Gasteiger partial charge in [-0.2, -0.15) is 10.2 Å². The number of nitrogens with zero attached hydrogens (tertiary/aromatic N) is 6. The second-order valence-electron chi connectivity index (χ2n) is 13.0. The summed E-state index contributed by atoms with van der Waals surface area (Å²) in [5.41, 5.74) is 4.48. The number of aryl methyl sites for hydroxylation is 2. The van der Waals surface area contributed by atoms with Crippen molar-refractivity contribution < 1.29 is 30.0 Å². The number of hydrogen-bond acceptors (Lipinski definition) is 10. The first-order valence-electron chi connectivity index (χ1n) is 17.9. The molecule has 0 unspecified atom stereocenters. The number of aliphatic hydroxyl groups excluding tert-OH is 2. The van der Waals surface area contributed by atoms with Gasteiger partial charge < -0.3 is 40.2 Å². The molecule has 0 amide bonds. The zero-order valence-corrected chi connectivity index (χ0v) is 32.0. The smallest absolute Gasteiger partial charge is 0.323 e. The highest BCUT2D eigenvalue weighted by molar-refractivity contribution is 6.39. The topological polar surface area (TPSA) is 218 Å². The second kappa shape index (κ2) is 17.2. The van der Waals surface area contributed by atoms with Crippen LogP contribution in [0.3, 0.4) is 0 Å². The van der Waals surface area contributed by atoms with Crippen LogP contribution >= 0.6 is 23.2 Å². The van der Waals surface area contributed by atoms with E-state index < -0.39 is 37.2 Å². The van der Waals surface area contributed by atoms with Crippen molar-refractivity contribution in [3.05, 3.63) is 103 Å². The van der Waals surface area contributed by atoms with Crippen molar-refractivity contribution in [3.8, 4) is 33.6 Å². The number of aliphatic carboxylic acids is 2. The van der Waals surface area contributed by atoms with Gasteiger partial charge in [0.05, 0.1) is 34.6 Å². The lowest BCUT2D eigenvalue weighted by atomic mass is 9.98. The van der Waals surface area contributed by atoms with Gasteiger partial charge >= 0.3 is 11.9 Å². The van der Waals surface area contributed by atoms with Gasteiger partial charge in [-0.25, -0.2) is 9.03 Å². The van der Waals surface area contributed by atoms with Crippen molar-refractivity contribution in [2.75, 3.05) is 26.3 Å². The molecule has 4 aromatic heterocycles. The molecule has 56 heavy (non-hydrogen) atoms. The van der Waals surface area contributed by atoms with Crippen LogP contribution in [0.15, 0.2) is 70.5 Å². The molecule has 0 fully saturated rings. The normalized spacial score (nSPS) is 12.8. The maximum atomic E-state index is 13.7. The van der Waals surface area contributed by atoms with Crippen LogP contribution in [-0.2, 0) is 35.5 Å². The third-order valence-corrected chi connectivity index (χ3v) is 10.4. The Morgan fingerprint density at radius 2 is 1.05 bits per heavy atom. The number of nitrogens with one attached hydrogen (secondary N) is 2. The average molecular weight is 808 g/mol. The van der Waals surface area contributed by atoms with Gasteiger partial charge in [-0.3, -0.25) is 19.2 Å². The fraction of sp³-hybridized carbons (Fsp3) is 0.316. The molecule has 0 spiro atoms. The summed E-state index contributed by atoms with van der Waals surface area (Å²) in [4.78, 5) is 49.9. The molecule has 6 N–H and O–H groups in total. The molecule has 0 aliphatic rings. The molecule has 0 saturated carbocycles. The second-order valence-corrected chi connectivity index (χ2v) is 13.7. The molecule has 0 radical (unpaired) electrons. The van der Waals surface area contributed by atoms with Crippen LogP contribution in [0.25, 0.3) is 44.7 Å². The van der Waals surface area contributed by atoms with Gasteiger partial charge in [-0.1, -0.05) is 73.4 Å². The van der Waals surface area contributed by atoms with Gasteiger partial charge in [0.25, 0.3) is 11.1 Å². The predicted octanol–water partition coefficient (Wildman–Crippen LogP) is 2.81. The summed E-state index contributed by atoms with van der Waals surface area (Å²) in [5.74, 6) is -2.38. The van der Waals surface area contributed by atoms with E-state index >= 15 is 0 Å². The Balaban J connectivity index is 1.32. The van der Waals surface area contributed by atoms with E-state index in [9.17, 15) is 39.6 Å². The Kier molecular flexibility index (Phi) is 12.4. The molecule has 4 heterocycles. The van der Waals surface area contributed by atoms with Crippen LogP contribution in [0.2, 0.25) is 10.0 Å². The Bertz CT molecular complexity index is 2390. The average Bonchev–Trinajstić information content (AvgIpc) is 3.81. The minimum atomic E-state index is -1.19. The summed E-state index contributed by atoms with van der Waals surface area (Å²) < 4.78 is 6.12. The lowest BCUT2D eigenvalue weighted by molar-refractivity contribution is -0.141. The van der Waals surface area contributed by atoms with E-state index in [0.29, 0.717) is 78.9 Å². The molecule has 0 bridgehead atoms. The monoisotopic (exact) mass is 806 g/mol. The number of halogens is 2. The Morgan fingerprint density at radius 1 is 0.679 bits per heavy atom. The van der Waals surface area contributed by atoms with Crippen molar-refractivity contribution in [1.29, 1.82) is 0 Å². The Morgan fingerprint density at radius 3 is 1.39 bits per heavy atom. The number of fused-ring (bicyclic) bond motifs is 2. The highest BCUT2D eigenvalue weighted by Crippen LogP contribution is 2.42. The first-order valence-corrected chi connectivity index (χ1v) is 18.6. The van der Waals surface area contributed by atoms with Gasteiger partial charge in [0.1, 0.15) is 23.1 Å². The number of aromatic nitrogens is 6. The summed E-state index contributed by atoms with van der Waals surface area (Å²) in [6.45, 7) is 3.25. The van der Waals surface area contributed by atoms with Crippen molar-refractivity contribution in [3.63, 3.8) is 0 Å². The van der Waals surface area contributed by atoms with E-state index in [0.717, 1.165) is 0 Å². The summed E-state index contributed by atoms with van der Waals surface area (Å²) in [5, 5.41) is 52.7. The zero-order valence-electron chi connectivity index (χ0n) is 30.4. The lowest BCUT2D eigenvalue weighted by Crippen LogP contribution is -2.42. The quantitative estimate of drug-likeness (QED) is 0.0785. The Labute approximate surface area is 329 Å². The fourth-order valence-electron chi connectivity index (χ4n) is 6.62. The first-order chi connectivity index (χ1) is 26.9. The van der Waals surface area contributed by atoms with Gasteiger partial charge in [-0.05, 0) is 25.0 Å². The van der Waals surface area contributed by atoms with Crippen molar-refractivity contribution in [2.24, 2.45) is 0 Å². The SMILES string of the molecule is CCc1cn2nc(-c3cccc(-c4cccc(-c5cc6c(=O)n(CCN[C@@H](CO)C(=O)O)c(CC)cn6n5)c4Cl)c3Cl)cc2c(=O)n1CCN[C@@H](CO)C(=O)O. The number of carboxylic acid groups (broad SMARTS) is 2. The van der Waals surface area contributed by atoms with Crippen molar-refractivity contribution >= 4 is 46.2 Å². The number of rotatable bonds is 17. The molecule has 0 aliphatic carbocycles. The van der Waals surface area contributed by atoms with Crippen LogP contribution in [0.1, 0.15) is 25.2 Å². The molecule has 294 valence electrons. The van der Waals surface area contributed by atoms with Crippen molar-refractivity contribution in [1.82, 2.24) is 39.0 Å². The molecule has 0 saturated heterocycles. The largest absolute Gasteiger partial charge is 0.480 e. The molecular formula is C38H40Cl2N8O8. The first kappa shape index (κ1) is 40.3. The number of aliphatic hydroxyl groups is 2. The third kappa shape index (κ3) is 7.84. The number of benzene rings is 2. The highest BCUT2D eigenvalue weighted by Gasteiger charge is 2.22. The molecule has 2 aromatic carbocycles. The molecular weight excluding hydrogens is 767 g/mol. The van der Waals surface area contributed by atoms with E-state index in [2.05, 4.69) is 20.8 Å². The summed E-state index contributed by atoms with van der Waals surface area (Å²) in [7, 11) is 0. The van der Waals surface area contributed by atoms with Crippen LogP contribution in [0.4, 0.5) is 0 Å². The van der Waals surface area contributed by atoms with Gasteiger partial charge in [0.15, 0.2) is 0 Å². The van der Waals surface area contributed by atoms with Crippen LogP contribution in [0, 0.1) is 0 Å². The third-order valence-electron chi connectivity index (χ3n) is 9.61. The minimum Gasteiger partial charge on any atom is -0.480 e. The van der Waals surface area contributed by atoms with Gasteiger partial charge in [0.2, 0.25) is 0 Å². The van der Waals surface area contributed by atoms with E-state index in [1.54, 1.807) is 57.9 Å². The van der Waals surface area contributed by atoms with Crippen molar-refractivity contribution in [2.45, 2.75) is 51.9 Å². The Hall–Kier alpha value is -5.36.